The fourth-order valence-electron chi connectivity index (χ4n) is 2.56. The molecule has 1 aromatic carbocycles. The van der Waals surface area contributed by atoms with E-state index in [1.165, 1.54) is 0 Å². The molecule has 3 rings (SSSR count). The second-order valence-electron chi connectivity index (χ2n) is 5.41. The van der Waals surface area contributed by atoms with Crippen molar-refractivity contribution >= 4 is 0 Å². The van der Waals surface area contributed by atoms with E-state index < -0.39 is 5.60 Å². The van der Waals surface area contributed by atoms with Crippen molar-refractivity contribution in [2.75, 3.05) is 0 Å². The third kappa shape index (κ3) is 2.22. The molecule has 1 aliphatic rings. The van der Waals surface area contributed by atoms with Crippen LogP contribution in [0.15, 0.2) is 36.5 Å². The van der Waals surface area contributed by atoms with Gasteiger partial charge in [0.2, 0.25) is 5.88 Å². The molecule has 0 spiro atoms. The molecule has 0 fully saturated rings. The van der Waals surface area contributed by atoms with Crippen molar-refractivity contribution in [3.63, 3.8) is 0 Å². The molecule has 2 heterocycles. The fourth-order valence-corrected chi connectivity index (χ4v) is 2.56. The predicted octanol–water partition coefficient (Wildman–Crippen LogP) is 3.20. The van der Waals surface area contributed by atoms with Gasteiger partial charge in [-0.05, 0) is 44.4 Å². The molecule has 0 bridgehead atoms. The minimum absolute atomic E-state index is 0.675. The Morgan fingerprint density at radius 3 is 2.79 bits per heavy atom. The number of nitrogens with zero attached hydrogens (tertiary/aromatic N) is 1. The van der Waals surface area contributed by atoms with Crippen LogP contribution in [0.5, 0.6) is 11.6 Å². The number of ether oxygens (including phenoxy) is 1. The van der Waals surface area contributed by atoms with E-state index in [1.807, 2.05) is 30.3 Å². The maximum Gasteiger partial charge on any atom is 0.222 e. The number of fused-ring (bicyclic) bond motifs is 2. The number of pyridine rings is 1. The van der Waals surface area contributed by atoms with Crippen molar-refractivity contribution < 1.29 is 9.84 Å². The second-order valence-corrected chi connectivity index (χ2v) is 5.41. The molecule has 0 amide bonds. The molecule has 1 aliphatic heterocycles. The summed E-state index contributed by atoms with van der Waals surface area (Å²) in [5.41, 5.74) is 2.25. The summed E-state index contributed by atoms with van der Waals surface area (Å²) in [4.78, 5) is 4.29. The van der Waals surface area contributed by atoms with Crippen LogP contribution in [0.1, 0.15) is 30.5 Å². The van der Waals surface area contributed by atoms with Crippen LogP contribution in [0.25, 0.3) is 0 Å². The maximum absolute atomic E-state index is 10.3. The zero-order chi connectivity index (χ0) is 13.5. The van der Waals surface area contributed by atoms with Gasteiger partial charge in [-0.2, -0.15) is 0 Å². The van der Waals surface area contributed by atoms with Crippen LogP contribution < -0.4 is 4.74 Å². The van der Waals surface area contributed by atoms with Gasteiger partial charge in [-0.3, -0.25) is 0 Å². The van der Waals surface area contributed by atoms with Crippen molar-refractivity contribution in [3.05, 3.63) is 53.2 Å². The first-order valence-electron chi connectivity index (χ1n) is 6.52. The molecule has 19 heavy (non-hydrogen) atoms. The van der Waals surface area contributed by atoms with Gasteiger partial charge < -0.3 is 9.84 Å². The SMILES string of the molecule is CC(C)(O)c1cccc2c1CCc1cccnc1O2. The van der Waals surface area contributed by atoms with Crippen LogP contribution in [-0.4, -0.2) is 10.1 Å². The number of rotatable bonds is 1. The highest BCUT2D eigenvalue weighted by molar-refractivity contribution is 5.47. The smallest absolute Gasteiger partial charge is 0.222 e. The van der Waals surface area contributed by atoms with Crippen molar-refractivity contribution in [1.82, 2.24) is 4.98 Å². The van der Waals surface area contributed by atoms with Crippen LogP contribution in [-0.2, 0) is 18.4 Å². The molecule has 0 aliphatic carbocycles. The Morgan fingerprint density at radius 2 is 2.00 bits per heavy atom. The van der Waals surface area contributed by atoms with Crippen molar-refractivity contribution in [2.24, 2.45) is 0 Å². The lowest BCUT2D eigenvalue weighted by Gasteiger charge is -2.22. The topological polar surface area (TPSA) is 42.4 Å². The lowest BCUT2D eigenvalue weighted by atomic mass is 9.90. The van der Waals surface area contributed by atoms with Gasteiger partial charge in [-0.25, -0.2) is 4.98 Å². The van der Waals surface area contributed by atoms with E-state index in [0.717, 1.165) is 35.3 Å². The number of aliphatic hydroxyl groups is 1. The summed E-state index contributed by atoms with van der Waals surface area (Å²) in [6.07, 6.45) is 3.47. The van der Waals surface area contributed by atoms with E-state index in [9.17, 15) is 5.11 Å². The molecule has 98 valence electrons. The first-order chi connectivity index (χ1) is 9.05. The van der Waals surface area contributed by atoms with Gasteiger partial charge in [0.25, 0.3) is 0 Å². The summed E-state index contributed by atoms with van der Waals surface area (Å²) < 4.78 is 5.92. The van der Waals surface area contributed by atoms with E-state index >= 15 is 0 Å². The van der Waals surface area contributed by atoms with Gasteiger partial charge >= 0.3 is 0 Å². The molecular formula is C16H17NO2. The quantitative estimate of drug-likeness (QED) is 0.851. The number of hydrogen-bond acceptors (Lipinski definition) is 3. The van der Waals surface area contributed by atoms with Crippen LogP contribution >= 0.6 is 0 Å². The summed E-state index contributed by atoms with van der Waals surface area (Å²) in [5, 5.41) is 10.3. The highest BCUT2D eigenvalue weighted by Gasteiger charge is 2.25. The first kappa shape index (κ1) is 12.2. The maximum atomic E-state index is 10.3. The Kier molecular flexibility index (Phi) is 2.79. The van der Waals surface area contributed by atoms with Gasteiger partial charge in [0.05, 0.1) is 5.60 Å². The van der Waals surface area contributed by atoms with Gasteiger partial charge in [0.15, 0.2) is 0 Å². The number of hydrogen-bond donors (Lipinski definition) is 1. The number of aryl methyl sites for hydroxylation is 1. The first-order valence-corrected chi connectivity index (χ1v) is 6.52. The highest BCUT2D eigenvalue weighted by atomic mass is 16.5. The Labute approximate surface area is 112 Å². The lowest BCUT2D eigenvalue weighted by molar-refractivity contribution is 0.0774. The van der Waals surface area contributed by atoms with Gasteiger partial charge in [0.1, 0.15) is 5.75 Å². The summed E-state index contributed by atoms with van der Waals surface area (Å²) in [5.74, 6) is 1.48. The molecular weight excluding hydrogens is 238 g/mol. The van der Waals surface area contributed by atoms with Crippen molar-refractivity contribution in [3.8, 4) is 11.6 Å². The summed E-state index contributed by atoms with van der Waals surface area (Å²) in [7, 11) is 0. The number of aromatic nitrogens is 1. The minimum atomic E-state index is -0.862. The molecule has 1 N–H and O–H groups in total. The molecule has 0 radical (unpaired) electrons. The standard InChI is InChI=1S/C16H17NO2/c1-16(2,18)13-6-3-7-14-12(13)9-8-11-5-4-10-17-15(11)19-14/h3-7,10,18H,8-9H2,1-2H3. The van der Waals surface area contributed by atoms with Crippen molar-refractivity contribution in [1.29, 1.82) is 0 Å². The van der Waals surface area contributed by atoms with E-state index in [0.29, 0.717) is 5.88 Å². The van der Waals surface area contributed by atoms with Crippen molar-refractivity contribution in [2.45, 2.75) is 32.3 Å². The Balaban J connectivity index is 2.11. The van der Waals surface area contributed by atoms with E-state index in [-0.39, 0.29) is 0 Å². The van der Waals surface area contributed by atoms with Crippen LogP contribution in [0, 0.1) is 0 Å². The molecule has 3 heteroatoms. The predicted molar refractivity (Wildman–Crippen MR) is 73.4 cm³/mol. The normalized spacial score (nSPS) is 14.1. The van der Waals surface area contributed by atoms with Gasteiger partial charge in [0, 0.05) is 17.3 Å². The highest BCUT2D eigenvalue weighted by Crippen LogP contribution is 2.37. The molecule has 0 saturated carbocycles. The van der Waals surface area contributed by atoms with Crippen LogP contribution in [0.3, 0.4) is 0 Å². The number of benzene rings is 1. The average molecular weight is 255 g/mol. The summed E-state index contributed by atoms with van der Waals surface area (Å²) >= 11 is 0. The van der Waals surface area contributed by atoms with E-state index in [2.05, 4.69) is 4.98 Å². The molecule has 0 atom stereocenters. The van der Waals surface area contributed by atoms with Crippen LogP contribution in [0.2, 0.25) is 0 Å². The zero-order valence-corrected chi connectivity index (χ0v) is 11.2. The third-order valence-electron chi connectivity index (χ3n) is 3.49. The average Bonchev–Trinajstić information content (AvgIpc) is 2.55. The third-order valence-corrected chi connectivity index (χ3v) is 3.49. The Morgan fingerprint density at radius 1 is 1.16 bits per heavy atom. The summed E-state index contributed by atoms with van der Waals surface area (Å²) in [6.45, 7) is 3.61. The van der Waals surface area contributed by atoms with E-state index in [1.54, 1.807) is 20.0 Å². The molecule has 3 nitrogen and oxygen atoms in total. The summed E-state index contributed by atoms with van der Waals surface area (Å²) in [6, 6.07) is 9.78. The molecule has 0 saturated heterocycles. The van der Waals surface area contributed by atoms with Gasteiger partial charge in [-0.1, -0.05) is 18.2 Å². The van der Waals surface area contributed by atoms with Gasteiger partial charge in [-0.15, -0.1) is 0 Å². The Hall–Kier alpha value is -1.87. The van der Waals surface area contributed by atoms with Crippen LogP contribution in [0.4, 0.5) is 0 Å². The monoisotopic (exact) mass is 255 g/mol. The zero-order valence-electron chi connectivity index (χ0n) is 11.2. The molecule has 1 aromatic heterocycles. The Bertz CT molecular complexity index is 614. The lowest BCUT2D eigenvalue weighted by Crippen LogP contribution is -2.18. The second kappa shape index (κ2) is 4.35. The molecule has 0 unspecified atom stereocenters. The largest absolute Gasteiger partial charge is 0.438 e. The van der Waals surface area contributed by atoms with E-state index in [4.69, 9.17) is 4.74 Å². The fraction of sp³-hybridized carbons (Fsp3) is 0.312. The molecule has 2 aromatic rings. The minimum Gasteiger partial charge on any atom is -0.438 e.